The fourth-order valence-electron chi connectivity index (χ4n) is 1.99. The summed E-state index contributed by atoms with van der Waals surface area (Å²) in [5.41, 5.74) is 0.924. The molecule has 0 aromatic heterocycles. The minimum atomic E-state index is -0.741. The summed E-state index contributed by atoms with van der Waals surface area (Å²) in [7, 11) is 0. The Labute approximate surface area is 101 Å². The quantitative estimate of drug-likeness (QED) is 0.834. The Balaban J connectivity index is 1.83. The lowest BCUT2D eigenvalue weighted by Crippen LogP contribution is -2.40. The van der Waals surface area contributed by atoms with Crippen LogP contribution in [0.3, 0.4) is 0 Å². The van der Waals surface area contributed by atoms with Gasteiger partial charge in [-0.1, -0.05) is 12.1 Å². The van der Waals surface area contributed by atoms with Crippen LogP contribution in [-0.2, 0) is 11.3 Å². The molecular weight excluding hydrogens is 221 g/mol. The molecule has 1 aromatic carbocycles. The summed E-state index contributed by atoms with van der Waals surface area (Å²) < 4.78 is 18.2. The molecule has 2 N–H and O–H groups in total. The van der Waals surface area contributed by atoms with Crippen molar-refractivity contribution in [1.82, 2.24) is 5.32 Å². The Hall–Kier alpha value is -0.970. The molecule has 3 nitrogen and oxygen atoms in total. The predicted octanol–water partition coefficient (Wildman–Crippen LogP) is 1.38. The maximum absolute atomic E-state index is 13.1. The van der Waals surface area contributed by atoms with E-state index in [1.54, 1.807) is 13.0 Å². The lowest BCUT2D eigenvalue weighted by molar-refractivity contribution is 0.0268. The smallest absolute Gasteiger partial charge is 0.126 e. The Morgan fingerprint density at radius 2 is 2.35 bits per heavy atom. The van der Waals surface area contributed by atoms with Crippen LogP contribution in [0.1, 0.15) is 17.5 Å². The molecule has 0 saturated carbocycles. The Morgan fingerprint density at radius 1 is 1.53 bits per heavy atom. The van der Waals surface area contributed by atoms with Crippen molar-refractivity contribution < 1.29 is 14.2 Å². The van der Waals surface area contributed by atoms with Crippen LogP contribution in [0.15, 0.2) is 18.2 Å². The molecule has 17 heavy (non-hydrogen) atoms. The number of hydrogen-bond donors (Lipinski definition) is 2. The van der Waals surface area contributed by atoms with E-state index in [4.69, 9.17) is 4.74 Å². The number of benzene rings is 1. The fraction of sp³-hybridized carbons (Fsp3) is 0.538. The van der Waals surface area contributed by atoms with Crippen LogP contribution in [0, 0.1) is 12.7 Å². The molecule has 0 amide bonds. The van der Waals surface area contributed by atoms with Crippen molar-refractivity contribution in [2.75, 3.05) is 19.8 Å². The molecule has 0 spiro atoms. The maximum atomic E-state index is 13.1. The molecule has 0 radical (unpaired) electrons. The Kier molecular flexibility index (Phi) is 3.76. The van der Waals surface area contributed by atoms with Crippen molar-refractivity contribution >= 4 is 0 Å². The molecule has 1 fully saturated rings. The van der Waals surface area contributed by atoms with Crippen molar-refractivity contribution in [1.29, 1.82) is 0 Å². The summed E-state index contributed by atoms with van der Waals surface area (Å²) in [5, 5.41) is 13.2. The number of rotatable bonds is 4. The monoisotopic (exact) mass is 239 g/mol. The average molecular weight is 239 g/mol. The van der Waals surface area contributed by atoms with E-state index in [0.29, 0.717) is 38.3 Å². The van der Waals surface area contributed by atoms with E-state index in [1.165, 1.54) is 6.07 Å². The van der Waals surface area contributed by atoms with Gasteiger partial charge in [0.25, 0.3) is 0 Å². The van der Waals surface area contributed by atoms with Gasteiger partial charge in [0, 0.05) is 26.1 Å². The third-order valence-corrected chi connectivity index (χ3v) is 3.09. The number of nitrogens with one attached hydrogen (secondary N) is 1. The first-order chi connectivity index (χ1) is 8.09. The SMILES string of the molecule is Cc1cc(CNCC2(O)CCOC2)ccc1F. The molecule has 94 valence electrons. The summed E-state index contributed by atoms with van der Waals surface area (Å²) in [5.74, 6) is -0.184. The van der Waals surface area contributed by atoms with Crippen molar-refractivity contribution in [3.8, 4) is 0 Å². The van der Waals surface area contributed by atoms with E-state index in [-0.39, 0.29) is 5.82 Å². The van der Waals surface area contributed by atoms with Gasteiger partial charge in [-0.25, -0.2) is 4.39 Å². The van der Waals surface area contributed by atoms with Crippen molar-refractivity contribution in [2.45, 2.75) is 25.5 Å². The lowest BCUT2D eigenvalue weighted by Gasteiger charge is -2.20. The highest BCUT2D eigenvalue weighted by atomic mass is 19.1. The molecule has 1 heterocycles. The first-order valence-corrected chi connectivity index (χ1v) is 5.85. The van der Waals surface area contributed by atoms with E-state index in [0.717, 1.165) is 5.56 Å². The van der Waals surface area contributed by atoms with E-state index in [9.17, 15) is 9.50 Å². The van der Waals surface area contributed by atoms with Gasteiger partial charge in [0.05, 0.1) is 6.61 Å². The van der Waals surface area contributed by atoms with Gasteiger partial charge in [0.1, 0.15) is 11.4 Å². The Bertz CT molecular complexity index is 389. The van der Waals surface area contributed by atoms with E-state index >= 15 is 0 Å². The van der Waals surface area contributed by atoms with Gasteiger partial charge in [-0.05, 0) is 24.1 Å². The molecule has 1 aliphatic heterocycles. The number of ether oxygens (including phenoxy) is 1. The van der Waals surface area contributed by atoms with Crippen LogP contribution in [0.4, 0.5) is 4.39 Å². The standard InChI is InChI=1S/C13H18FNO2/c1-10-6-11(2-3-12(10)14)7-15-8-13(16)4-5-17-9-13/h2-3,6,15-16H,4-5,7-9H2,1H3. The van der Waals surface area contributed by atoms with Gasteiger partial charge < -0.3 is 15.2 Å². The van der Waals surface area contributed by atoms with Gasteiger partial charge in [0.15, 0.2) is 0 Å². The third-order valence-electron chi connectivity index (χ3n) is 3.09. The van der Waals surface area contributed by atoms with Crippen molar-refractivity contribution in [3.63, 3.8) is 0 Å². The number of aliphatic hydroxyl groups is 1. The summed E-state index contributed by atoms with van der Waals surface area (Å²) in [6, 6.07) is 5.04. The third kappa shape index (κ3) is 3.25. The normalized spacial score (nSPS) is 24.2. The molecule has 4 heteroatoms. The number of hydrogen-bond acceptors (Lipinski definition) is 3. The van der Waals surface area contributed by atoms with Crippen LogP contribution in [0.2, 0.25) is 0 Å². The summed E-state index contributed by atoms with van der Waals surface area (Å²) in [6.07, 6.45) is 0.669. The second kappa shape index (κ2) is 5.12. The first-order valence-electron chi connectivity index (χ1n) is 5.85. The largest absolute Gasteiger partial charge is 0.386 e. The molecule has 0 aliphatic carbocycles. The fourth-order valence-corrected chi connectivity index (χ4v) is 1.99. The first kappa shape index (κ1) is 12.5. The van der Waals surface area contributed by atoms with Crippen LogP contribution in [-0.4, -0.2) is 30.5 Å². The molecule has 1 atom stereocenters. The topological polar surface area (TPSA) is 41.5 Å². The predicted molar refractivity (Wildman–Crippen MR) is 63.2 cm³/mol. The summed E-state index contributed by atoms with van der Waals surface area (Å²) in [4.78, 5) is 0. The van der Waals surface area contributed by atoms with Gasteiger partial charge in [0.2, 0.25) is 0 Å². The molecule has 1 unspecified atom stereocenters. The van der Waals surface area contributed by atoms with Crippen LogP contribution in [0.25, 0.3) is 0 Å². The highest BCUT2D eigenvalue weighted by molar-refractivity contribution is 5.23. The molecular formula is C13H18FNO2. The van der Waals surface area contributed by atoms with Crippen LogP contribution >= 0.6 is 0 Å². The second-order valence-corrected chi connectivity index (χ2v) is 4.71. The second-order valence-electron chi connectivity index (χ2n) is 4.71. The lowest BCUT2D eigenvalue weighted by atomic mass is 10.0. The van der Waals surface area contributed by atoms with Crippen LogP contribution < -0.4 is 5.32 Å². The zero-order valence-electron chi connectivity index (χ0n) is 10.0. The van der Waals surface area contributed by atoms with Gasteiger partial charge in [-0.15, -0.1) is 0 Å². The maximum Gasteiger partial charge on any atom is 0.126 e. The Morgan fingerprint density at radius 3 is 3.00 bits per heavy atom. The van der Waals surface area contributed by atoms with Crippen molar-refractivity contribution in [2.24, 2.45) is 0 Å². The number of aryl methyl sites for hydroxylation is 1. The number of halogens is 1. The van der Waals surface area contributed by atoms with Gasteiger partial charge in [-0.3, -0.25) is 0 Å². The summed E-state index contributed by atoms with van der Waals surface area (Å²) >= 11 is 0. The van der Waals surface area contributed by atoms with Crippen molar-refractivity contribution in [3.05, 3.63) is 35.1 Å². The molecule has 2 rings (SSSR count). The zero-order chi connectivity index (χ0) is 12.3. The average Bonchev–Trinajstić information content (AvgIpc) is 2.71. The zero-order valence-corrected chi connectivity index (χ0v) is 10.0. The molecule has 1 saturated heterocycles. The highest BCUT2D eigenvalue weighted by Gasteiger charge is 2.31. The minimum absolute atomic E-state index is 0.184. The summed E-state index contributed by atoms with van der Waals surface area (Å²) in [6.45, 7) is 3.89. The molecule has 1 aliphatic rings. The van der Waals surface area contributed by atoms with Gasteiger partial charge >= 0.3 is 0 Å². The van der Waals surface area contributed by atoms with E-state index in [1.807, 2.05) is 6.07 Å². The molecule has 1 aromatic rings. The van der Waals surface area contributed by atoms with Gasteiger partial charge in [-0.2, -0.15) is 0 Å². The molecule has 0 bridgehead atoms. The van der Waals surface area contributed by atoms with E-state index in [2.05, 4.69) is 5.32 Å². The van der Waals surface area contributed by atoms with Crippen LogP contribution in [0.5, 0.6) is 0 Å². The minimum Gasteiger partial charge on any atom is -0.386 e. The highest BCUT2D eigenvalue weighted by Crippen LogP contribution is 2.17. The van der Waals surface area contributed by atoms with E-state index < -0.39 is 5.60 Å².